The van der Waals surface area contributed by atoms with Crippen LogP contribution in [0.2, 0.25) is 0 Å². The van der Waals surface area contributed by atoms with Crippen LogP contribution in [0.25, 0.3) is 22.4 Å². The highest BCUT2D eigenvalue weighted by atomic mass is 16.3. The Balaban J connectivity index is 1.67. The first kappa shape index (κ1) is 22.3. The van der Waals surface area contributed by atoms with Crippen molar-refractivity contribution in [3.8, 4) is 11.4 Å². The van der Waals surface area contributed by atoms with Crippen molar-refractivity contribution in [3.63, 3.8) is 0 Å². The summed E-state index contributed by atoms with van der Waals surface area (Å²) < 4.78 is 0. The van der Waals surface area contributed by atoms with E-state index < -0.39 is 11.5 Å². The first-order valence-corrected chi connectivity index (χ1v) is 10.7. The van der Waals surface area contributed by atoms with Gasteiger partial charge >= 0.3 is 0 Å². The van der Waals surface area contributed by atoms with Gasteiger partial charge in [-0.25, -0.2) is 4.98 Å². The maximum atomic E-state index is 12.7. The molecule has 5 N–H and O–H groups in total. The summed E-state index contributed by atoms with van der Waals surface area (Å²) in [5.41, 5.74) is 2.59. The third-order valence-electron chi connectivity index (χ3n) is 5.32. The highest BCUT2D eigenvalue weighted by molar-refractivity contribution is 6.02. The van der Waals surface area contributed by atoms with Gasteiger partial charge in [0.25, 0.3) is 5.56 Å². The number of amides is 1. The third-order valence-corrected chi connectivity index (χ3v) is 5.32. The number of fused-ring (bicyclic) bond motifs is 1. The van der Waals surface area contributed by atoms with Gasteiger partial charge in [-0.15, -0.1) is 0 Å². The fraction of sp³-hybridized carbons (Fsp3) is 0.240. The molecule has 0 saturated carbocycles. The minimum atomic E-state index is -0.742. The highest BCUT2D eigenvalue weighted by Gasteiger charge is 2.23. The monoisotopic (exact) mass is 445 g/mol. The molecule has 1 unspecified atom stereocenters. The molecular weight excluding hydrogens is 418 g/mol. The Labute approximate surface area is 191 Å². The number of imidazole rings is 1. The summed E-state index contributed by atoms with van der Waals surface area (Å²) in [6.07, 6.45) is 0.800. The van der Waals surface area contributed by atoms with Crippen LogP contribution in [0.4, 0.5) is 11.4 Å². The lowest BCUT2D eigenvalue weighted by Gasteiger charge is -2.17. The first-order chi connectivity index (χ1) is 15.7. The minimum Gasteiger partial charge on any atom is -0.387 e. The van der Waals surface area contributed by atoms with E-state index in [0.29, 0.717) is 33.8 Å². The molecule has 1 amide bonds. The van der Waals surface area contributed by atoms with Crippen LogP contribution in [-0.2, 0) is 4.79 Å². The number of hydrogen-bond donors (Lipinski definition) is 5. The molecule has 8 nitrogen and oxygen atoms in total. The van der Waals surface area contributed by atoms with Gasteiger partial charge in [0.05, 0.1) is 28.5 Å². The Morgan fingerprint density at radius 3 is 2.55 bits per heavy atom. The van der Waals surface area contributed by atoms with Crippen LogP contribution >= 0.6 is 0 Å². The molecule has 0 spiro atoms. The lowest BCUT2D eigenvalue weighted by Crippen LogP contribution is -2.27. The van der Waals surface area contributed by atoms with Crippen molar-refractivity contribution in [1.29, 1.82) is 0 Å². The number of carbonyl (C=O) groups is 1. The number of nitrogens with one attached hydrogen (secondary N) is 4. The molecule has 2 heterocycles. The van der Waals surface area contributed by atoms with Crippen molar-refractivity contribution < 1.29 is 9.90 Å². The molecule has 170 valence electrons. The number of benzene rings is 2. The maximum Gasteiger partial charge on any atom is 0.261 e. The van der Waals surface area contributed by atoms with E-state index in [1.807, 2.05) is 57.2 Å². The third kappa shape index (κ3) is 4.80. The number of carbonyl (C=O) groups excluding carboxylic acids is 1. The average molecular weight is 446 g/mol. The maximum absolute atomic E-state index is 12.7. The van der Waals surface area contributed by atoms with Gasteiger partial charge in [-0.1, -0.05) is 57.2 Å². The predicted molar refractivity (Wildman–Crippen MR) is 130 cm³/mol. The molecule has 8 heteroatoms. The van der Waals surface area contributed by atoms with Crippen LogP contribution in [0, 0.1) is 5.41 Å². The predicted octanol–water partition coefficient (Wildman–Crippen LogP) is 4.05. The molecule has 0 aliphatic carbocycles. The number of aromatic nitrogens is 3. The summed E-state index contributed by atoms with van der Waals surface area (Å²) in [4.78, 5) is 35.7. The lowest BCUT2D eigenvalue weighted by atomic mass is 9.95. The largest absolute Gasteiger partial charge is 0.387 e. The summed E-state index contributed by atoms with van der Waals surface area (Å²) in [6, 6.07) is 16.4. The minimum absolute atomic E-state index is 0.124. The Hall–Kier alpha value is -3.91. The fourth-order valence-electron chi connectivity index (χ4n) is 3.42. The quantitative estimate of drug-likeness (QED) is 0.306. The van der Waals surface area contributed by atoms with Crippen molar-refractivity contribution >= 4 is 28.3 Å². The van der Waals surface area contributed by atoms with Crippen molar-refractivity contribution in [1.82, 2.24) is 15.0 Å². The molecule has 0 saturated heterocycles. The van der Waals surface area contributed by atoms with Gasteiger partial charge in [0, 0.05) is 18.2 Å². The van der Waals surface area contributed by atoms with E-state index >= 15 is 0 Å². The number of hydrogen-bond acceptors (Lipinski definition) is 5. The second kappa shape index (κ2) is 8.91. The zero-order valence-electron chi connectivity index (χ0n) is 18.8. The normalized spacial score (nSPS) is 12.5. The second-order valence-electron chi connectivity index (χ2n) is 8.89. The number of aliphatic hydroxyl groups excluding tert-OH is 1. The zero-order valence-corrected chi connectivity index (χ0v) is 18.8. The summed E-state index contributed by atoms with van der Waals surface area (Å²) in [5.74, 6) is 0.238. The van der Waals surface area contributed by atoms with E-state index in [-0.39, 0.29) is 18.0 Å². The summed E-state index contributed by atoms with van der Waals surface area (Å²) in [6.45, 7) is 5.73. The van der Waals surface area contributed by atoms with Gasteiger partial charge in [0.2, 0.25) is 5.91 Å². The van der Waals surface area contributed by atoms with Gasteiger partial charge < -0.3 is 25.7 Å². The van der Waals surface area contributed by atoms with Crippen molar-refractivity contribution in [2.45, 2.75) is 26.9 Å². The highest BCUT2D eigenvalue weighted by Crippen LogP contribution is 2.29. The molecule has 0 fully saturated rings. The van der Waals surface area contributed by atoms with Crippen LogP contribution in [0.1, 0.15) is 32.4 Å². The standard InChI is InChI=1S/C25H27N5O3/c1-25(2,3)24(33)29-18-11-7-10-17-21(18)30-22(28-17)20-16(12-13-26-23(20)32)27-14-19(31)15-8-5-4-6-9-15/h4-13,19,31H,14H2,1-3H3,(H,28,30)(H,29,33)(H2,26,27,32). The van der Waals surface area contributed by atoms with E-state index in [1.165, 1.54) is 0 Å². The molecule has 0 radical (unpaired) electrons. The lowest BCUT2D eigenvalue weighted by molar-refractivity contribution is -0.123. The SMILES string of the molecule is CC(C)(C)C(=O)Nc1cccc2nc(-c3c(NCC(O)c4ccccc4)cc[nH]c3=O)[nH]c12. The van der Waals surface area contributed by atoms with Gasteiger partial charge in [-0.3, -0.25) is 9.59 Å². The van der Waals surface area contributed by atoms with E-state index in [2.05, 4.69) is 25.6 Å². The molecule has 2 aromatic heterocycles. The van der Waals surface area contributed by atoms with Crippen molar-refractivity contribution in [2.75, 3.05) is 17.2 Å². The number of aliphatic hydroxyl groups is 1. The number of H-pyrrole nitrogens is 2. The Morgan fingerprint density at radius 2 is 1.82 bits per heavy atom. The van der Waals surface area contributed by atoms with Crippen molar-refractivity contribution in [2.24, 2.45) is 5.41 Å². The van der Waals surface area contributed by atoms with Gasteiger partial charge in [-0.2, -0.15) is 0 Å². The van der Waals surface area contributed by atoms with E-state index in [1.54, 1.807) is 24.4 Å². The average Bonchev–Trinajstić information content (AvgIpc) is 3.22. The number of pyridine rings is 1. The molecule has 0 bridgehead atoms. The van der Waals surface area contributed by atoms with Gasteiger partial charge in [0.15, 0.2) is 0 Å². The summed E-state index contributed by atoms with van der Waals surface area (Å²) in [7, 11) is 0. The molecule has 0 aliphatic heterocycles. The van der Waals surface area contributed by atoms with Crippen LogP contribution in [0.5, 0.6) is 0 Å². The van der Waals surface area contributed by atoms with E-state index in [0.717, 1.165) is 5.56 Å². The smallest absolute Gasteiger partial charge is 0.261 e. The number of anilines is 2. The number of rotatable bonds is 6. The molecule has 33 heavy (non-hydrogen) atoms. The van der Waals surface area contributed by atoms with Crippen LogP contribution in [0.15, 0.2) is 65.6 Å². The van der Waals surface area contributed by atoms with Crippen molar-refractivity contribution in [3.05, 3.63) is 76.7 Å². The van der Waals surface area contributed by atoms with Crippen LogP contribution in [-0.4, -0.2) is 32.5 Å². The molecule has 4 aromatic rings. The van der Waals surface area contributed by atoms with Gasteiger partial charge in [-0.05, 0) is 23.8 Å². The Morgan fingerprint density at radius 1 is 1.06 bits per heavy atom. The summed E-state index contributed by atoms with van der Waals surface area (Å²) >= 11 is 0. The van der Waals surface area contributed by atoms with Crippen LogP contribution in [0.3, 0.4) is 0 Å². The molecule has 2 aromatic carbocycles. The molecule has 4 rings (SSSR count). The topological polar surface area (TPSA) is 123 Å². The Kier molecular flexibility index (Phi) is 6.02. The molecule has 1 atom stereocenters. The molecular formula is C25H27N5O3. The van der Waals surface area contributed by atoms with E-state index in [9.17, 15) is 14.7 Å². The first-order valence-electron chi connectivity index (χ1n) is 10.7. The zero-order chi connectivity index (χ0) is 23.6. The summed E-state index contributed by atoms with van der Waals surface area (Å²) in [5, 5.41) is 16.6. The number of aromatic amines is 2. The molecule has 0 aliphatic rings. The van der Waals surface area contributed by atoms with E-state index in [4.69, 9.17) is 0 Å². The number of nitrogens with zero attached hydrogens (tertiary/aromatic N) is 1. The second-order valence-corrected chi connectivity index (χ2v) is 8.89. The van der Waals surface area contributed by atoms with Crippen LogP contribution < -0.4 is 16.2 Å². The Bertz CT molecular complexity index is 1340. The van der Waals surface area contributed by atoms with Gasteiger partial charge in [0.1, 0.15) is 11.4 Å². The number of para-hydroxylation sites is 1. The fourth-order valence-corrected chi connectivity index (χ4v) is 3.42.